The molecule has 0 unspecified atom stereocenters. The van der Waals surface area contributed by atoms with Crippen molar-refractivity contribution in [2.45, 2.75) is 0 Å². The third-order valence-corrected chi connectivity index (χ3v) is 3.61. The lowest BCUT2D eigenvalue weighted by molar-refractivity contribution is 0.409. The van der Waals surface area contributed by atoms with Crippen LogP contribution in [-0.4, -0.2) is 11.7 Å². The monoisotopic (exact) mass is 337 g/mol. The quantitative estimate of drug-likeness (QED) is 0.720. The largest absolute Gasteiger partial charge is 0.495 e. The fraction of sp³-hybridized carbons (Fsp3) is 0.0667. The smallest absolute Gasteiger partial charge is 0.427 e. The minimum absolute atomic E-state index is 0.164. The molecule has 3 rings (SSSR count). The number of halogens is 2. The Morgan fingerprint density at radius 3 is 2.45 bits per heavy atom. The zero-order valence-corrected chi connectivity index (χ0v) is 12.8. The molecule has 0 aliphatic rings. The minimum atomic E-state index is -0.833. The number of ether oxygens (including phenoxy) is 1. The molecule has 0 spiro atoms. The third kappa shape index (κ3) is 2.38. The average molecular weight is 338 g/mol. The van der Waals surface area contributed by atoms with Crippen LogP contribution in [0, 0.1) is 0 Å². The van der Waals surface area contributed by atoms with E-state index >= 15 is 0 Å². The molecule has 0 aliphatic carbocycles. The van der Waals surface area contributed by atoms with E-state index in [0.29, 0.717) is 15.8 Å². The van der Waals surface area contributed by atoms with Gasteiger partial charge >= 0.3 is 5.76 Å². The average Bonchev–Trinajstić information content (AvgIpc) is 2.48. The van der Waals surface area contributed by atoms with Crippen molar-refractivity contribution in [3.05, 3.63) is 67.3 Å². The summed E-state index contributed by atoms with van der Waals surface area (Å²) < 4.78 is 11.2. The maximum Gasteiger partial charge on any atom is 0.427 e. The van der Waals surface area contributed by atoms with Gasteiger partial charge in [-0.15, -0.1) is 0 Å². The molecule has 0 saturated carbocycles. The zero-order valence-electron chi connectivity index (χ0n) is 11.3. The fourth-order valence-electron chi connectivity index (χ4n) is 2.15. The highest BCUT2D eigenvalue weighted by Crippen LogP contribution is 2.25. The molecular formula is C15H9Cl2NO4. The van der Waals surface area contributed by atoms with E-state index in [4.69, 9.17) is 32.4 Å². The van der Waals surface area contributed by atoms with Gasteiger partial charge in [0.2, 0.25) is 0 Å². The van der Waals surface area contributed by atoms with Crippen molar-refractivity contribution in [1.29, 1.82) is 0 Å². The second kappa shape index (κ2) is 5.51. The second-order valence-corrected chi connectivity index (χ2v) is 5.34. The van der Waals surface area contributed by atoms with E-state index in [2.05, 4.69) is 0 Å². The van der Waals surface area contributed by atoms with Gasteiger partial charge < -0.3 is 9.15 Å². The molecule has 0 amide bonds. The number of hydrogen-bond acceptors (Lipinski definition) is 4. The molecule has 0 bridgehead atoms. The Kier molecular flexibility index (Phi) is 3.68. The van der Waals surface area contributed by atoms with E-state index in [1.165, 1.54) is 31.4 Å². The van der Waals surface area contributed by atoms with Gasteiger partial charge in [0.05, 0.1) is 18.2 Å². The molecule has 112 valence electrons. The van der Waals surface area contributed by atoms with Crippen LogP contribution in [0.25, 0.3) is 16.7 Å². The number of methoxy groups -OCH3 is 1. The van der Waals surface area contributed by atoms with Crippen molar-refractivity contribution in [1.82, 2.24) is 4.57 Å². The molecule has 1 heterocycles. The van der Waals surface area contributed by atoms with Gasteiger partial charge in [-0.3, -0.25) is 4.79 Å². The lowest BCUT2D eigenvalue weighted by Crippen LogP contribution is -2.31. The Hall–Kier alpha value is -2.24. The van der Waals surface area contributed by atoms with E-state index in [9.17, 15) is 9.59 Å². The Morgan fingerprint density at radius 1 is 1.05 bits per heavy atom. The van der Waals surface area contributed by atoms with Gasteiger partial charge in [-0.05, 0) is 36.4 Å². The molecule has 0 fully saturated rings. The zero-order chi connectivity index (χ0) is 15.9. The van der Waals surface area contributed by atoms with Crippen LogP contribution < -0.4 is 16.1 Å². The van der Waals surface area contributed by atoms with E-state index in [0.717, 1.165) is 4.57 Å². The van der Waals surface area contributed by atoms with Crippen molar-refractivity contribution in [3.63, 3.8) is 0 Å². The second-order valence-electron chi connectivity index (χ2n) is 4.47. The highest BCUT2D eigenvalue weighted by atomic mass is 35.5. The standard InChI is InChI=1S/C15H9Cl2NO4/c1-21-13-5-3-9(17)7-11(13)18-14(19)10-6-8(16)2-4-12(10)22-15(18)20/h2-7H,1H3. The molecule has 7 heteroatoms. The number of benzene rings is 2. The van der Waals surface area contributed by atoms with Crippen LogP contribution in [0.3, 0.4) is 0 Å². The topological polar surface area (TPSA) is 61.4 Å². The van der Waals surface area contributed by atoms with Crippen molar-refractivity contribution >= 4 is 34.2 Å². The molecule has 0 saturated heterocycles. The minimum Gasteiger partial charge on any atom is -0.495 e. The highest BCUT2D eigenvalue weighted by molar-refractivity contribution is 6.31. The number of rotatable bonds is 2. The number of fused-ring (bicyclic) bond motifs is 1. The van der Waals surface area contributed by atoms with Gasteiger partial charge in [0.1, 0.15) is 11.3 Å². The highest BCUT2D eigenvalue weighted by Gasteiger charge is 2.15. The van der Waals surface area contributed by atoms with E-state index < -0.39 is 11.3 Å². The molecule has 5 nitrogen and oxygen atoms in total. The van der Waals surface area contributed by atoms with Gasteiger partial charge in [0.25, 0.3) is 5.56 Å². The summed E-state index contributed by atoms with van der Waals surface area (Å²) >= 11 is 11.8. The maximum atomic E-state index is 12.6. The Labute approximate surface area is 134 Å². The number of nitrogens with zero attached hydrogens (tertiary/aromatic N) is 1. The van der Waals surface area contributed by atoms with Crippen LogP contribution in [0.2, 0.25) is 10.0 Å². The SMILES string of the molecule is COc1ccc(Cl)cc1-n1c(=O)oc2ccc(Cl)cc2c1=O. The lowest BCUT2D eigenvalue weighted by atomic mass is 10.2. The predicted octanol–water partition coefficient (Wildman–Crippen LogP) is 3.26. The van der Waals surface area contributed by atoms with Crippen molar-refractivity contribution < 1.29 is 9.15 Å². The van der Waals surface area contributed by atoms with Gasteiger partial charge in [-0.2, -0.15) is 0 Å². The predicted molar refractivity (Wildman–Crippen MR) is 84.7 cm³/mol. The van der Waals surface area contributed by atoms with Crippen LogP contribution in [0.1, 0.15) is 0 Å². The molecule has 22 heavy (non-hydrogen) atoms. The van der Waals surface area contributed by atoms with E-state index in [-0.39, 0.29) is 16.7 Å². The number of aromatic nitrogens is 1. The van der Waals surface area contributed by atoms with Gasteiger partial charge in [0, 0.05) is 10.0 Å². The summed E-state index contributed by atoms with van der Waals surface area (Å²) in [5.41, 5.74) is -0.193. The van der Waals surface area contributed by atoms with Crippen LogP contribution in [0.5, 0.6) is 5.75 Å². The van der Waals surface area contributed by atoms with E-state index in [1.807, 2.05) is 0 Å². The van der Waals surface area contributed by atoms with Gasteiger partial charge in [-0.25, -0.2) is 9.36 Å². The molecule has 0 aliphatic heterocycles. The molecule has 0 N–H and O–H groups in total. The summed E-state index contributed by atoms with van der Waals surface area (Å²) in [6, 6.07) is 9.06. The summed E-state index contributed by atoms with van der Waals surface area (Å²) in [4.78, 5) is 24.8. The van der Waals surface area contributed by atoms with E-state index in [1.54, 1.807) is 12.1 Å². The Bertz CT molecular complexity index is 991. The fourth-order valence-corrected chi connectivity index (χ4v) is 2.49. The number of hydrogen-bond donors (Lipinski definition) is 0. The van der Waals surface area contributed by atoms with Crippen LogP contribution >= 0.6 is 23.2 Å². The lowest BCUT2D eigenvalue weighted by Gasteiger charge is -2.10. The molecule has 1 aromatic heterocycles. The van der Waals surface area contributed by atoms with Crippen LogP contribution in [-0.2, 0) is 0 Å². The normalized spacial score (nSPS) is 10.9. The molecular weight excluding hydrogens is 329 g/mol. The molecule has 3 aromatic rings. The maximum absolute atomic E-state index is 12.6. The van der Waals surface area contributed by atoms with Gasteiger partial charge in [-0.1, -0.05) is 23.2 Å². The third-order valence-electron chi connectivity index (χ3n) is 3.14. The van der Waals surface area contributed by atoms with Crippen molar-refractivity contribution in [3.8, 4) is 11.4 Å². The molecule has 0 radical (unpaired) electrons. The van der Waals surface area contributed by atoms with Crippen LogP contribution in [0.4, 0.5) is 0 Å². The first-order valence-electron chi connectivity index (χ1n) is 6.20. The first-order valence-corrected chi connectivity index (χ1v) is 6.96. The Morgan fingerprint density at radius 2 is 1.73 bits per heavy atom. The molecule has 0 atom stereocenters. The first kappa shape index (κ1) is 14.7. The summed E-state index contributed by atoms with van der Waals surface area (Å²) in [6.07, 6.45) is 0. The summed E-state index contributed by atoms with van der Waals surface area (Å²) in [6.45, 7) is 0. The van der Waals surface area contributed by atoms with Crippen molar-refractivity contribution in [2.75, 3.05) is 7.11 Å². The first-order chi connectivity index (χ1) is 10.5. The summed E-state index contributed by atoms with van der Waals surface area (Å²) in [5, 5.41) is 0.908. The van der Waals surface area contributed by atoms with Crippen molar-refractivity contribution in [2.24, 2.45) is 0 Å². The summed E-state index contributed by atoms with van der Waals surface area (Å²) in [5.74, 6) is -0.513. The Balaban J connectivity index is 2.44. The van der Waals surface area contributed by atoms with Gasteiger partial charge in [0.15, 0.2) is 0 Å². The van der Waals surface area contributed by atoms with Crippen LogP contribution in [0.15, 0.2) is 50.4 Å². The summed E-state index contributed by atoms with van der Waals surface area (Å²) in [7, 11) is 1.43. The molecule has 2 aromatic carbocycles.